The summed E-state index contributed by atoms with van der Waals surface area (Å²) in [6, 6.07) is 16.6. The lowest BCUT2D eigenvalue weighted by Crippen LogP contribution is -2.26. The van der Waals surface area contributed by atoms with Gasteiger partial charge in [-0.1, -0.05) is 42.3 Å². The van der Waals surface area contributed by atoms with Crippen LogP contribution < -0.4 is 14.8 Å². The number of aromatic amines is 1. The second kappa shape index (κ2) is 11.5. The van der Waals surface area contributed by atoms with Gasteiger partial charge in [-0.05, 0) is 54.4 Å². The molecule has 0 aliphatic rings. The number of hydrogen-bond acceptors (Lipinski definition) is 6. The van der Waals surface area contributed by atoms with Crippen molar-refractivity contribution in [3.05, 3.63) is 82.0 Å². The normalized spacial score (nSPS) is 12.6. The number of nitrogens with one attached hydrogen (secondary N) is 3. The largest absolute Gasteiger partial charge is 0.492 e. The smallest absolute Gasteiger partial charge is 0.263 e. The second-order valence-electron chi connectivity index (χ2n) is 8.11. The first-order valence-electron chi connectivity index (χ1n) is 11.3. The molecule has 36 heavy (non-hydrogen) atoms. The molecule has 0 amide bonds. The molecule has 8 nitrogen and oxygen atoms in total. The van der Waals surface area contributed by atoms with E-state index in [4.69, 9.17) is 27.9 Å². The van der Waals surface area contributed by atoms with Gasteiger partial charge in [-0.2, -0.15) is 5.10 Å². The number of hydrogen-bond donors (Lipinski definition) is 4. The van der Waals surface area contributed by atoms with Crippen molar-refractivity contribution in [2.24, 2.45) is 0 Å². The van der Waals surface area contributed by atoms with Crippen LogP contribution in [-0.2, 0) is 16.4 Å². The van der Waals surface area contributed by atoms with Crippen molar-refractivity contribution in [3.8, 4) is 5.75 Å². The van der Waals surface area contributed by atoms with Crippen LogP contribution in [0.3, 0.4) is 0 Å². The average Bonchev–Trinajstić information content (AvgIpc) is 3.27. The fourth-order valence-electron chi connectivity index (χ4n) is 3.71. The predicted molar refractivity (Wildman–Crippen MR) is 143 cm³/mol. The Bertz CT molecular complexity index is 1460. The number of ether oxygens (including phenoxy) is 1. The summed E-state index contributed by atoms with van der Waals surface area (Å²) in [5, 5.41) is 22.4. The van der Waals surface area contributed by atoms with Crippen molar-refractivity contribution >= 4 is 49.8 Å². The SMILES string of the molecule is CCc1[nH]nc2cc(OCCNC[C@H](O)c3cccc(NS(=O)(=O)c4cc(Cl)ccc4Cl)c3)ccc12. The molecule has 0 radical (unpaired) electrons. The molecule has 1 heterocycles. The highest BCUT2D eigenvalue weighted by atomic mass is 35.5. The van der Waals surface area contributed by atoms with E-state index in [0.29, 0.717) is 24.4 Å². The van der Waals surface area contributed by atoms with E-state index >= 15 is 0 Å². The van der Waals surface area contributed by atoms with E-state index in [1.54, 1.807) is 24.3 Å². The highest BCUT2D eigenvalue weighted by Gasteiger charge is 2.19. The molecule has 0 aliphatic heterocycles. The minimum Gasteiger partial charge on any atom is -0.492 e. The first-order valence-corrected chi connectivity index (χ1v) is 13.6. The molecular formula is C25H26Cl2N4O4S. The summed E-state index contributed by atoms with van der Waals surface area (Å²) in [7, 11) is -3.96. The lowest BCUT2D eigenvalue weighted by Gasteiger charge is -2.15. The Balaban J connectivity index is 1.29. The quantitative estimate of drug-likeness (QED) is 0.197. The third-order valence-electron chi connectivity index (χ3n) is 5.55. The number of benzene rings is 3. The van der Waals surface area contributed by atoms with E-state index in [9.17, 15) is 13.5 Å². The summed E-state index contributed by atoms with van der Waals surface area (Å²) in [4.78, 5) is -0.124. The molecule has 4 rings (SSSR count). The number of sulfonamides is 1. The van der Waals surface area contributed by atoms with Gasteiger partial charge in [0.1, 0.15) is 17.3 Å². The van der Waals surface area contributed by atoms with Gasteiger partial charge in [-0.15, -0.1) is 0 Å². The molecule has 0 unspecified atom stereocenters. The summed E-state index contributed by atoms with van der Waals surface area (Å²) in [5.74, 6) is 0.721. The molecule has 0 spiro atoms. The second-order valence-corrected chi connectivity index (χ2v) is 10.6. The zero-order valence-electron chi connectivity index (χ0n) is 19.5. The Morgan fingerprint density at radius 2 is 1.94 bits per heavy atom. The number of aliphatic hydroxyl groups excluding tert-OH is 1. The lowest BCUT2D eigenvalue weighted by atomic mass is 10.1. The van der Waals surface area contributed by atoms with Gasteiger partial charge in [0.15, 0.2) is 0 Å². The standard InChI is InChI=1S/C25H26Cl2N4O4S/c1-2-22-20-8-7-19(14-23(20)30-29-22)35-11-10-28-15-24(32)16-4-3-5-18(12-16)31-36(33,34)25-13-17(26)6-9-21(25)27/h3-9,12-14,24,28,31-32H,2,10-11,15H2,1H3,(H,29,30)/t24-/m0/s1. The van der Waals surface area contributed by atoms with Gasteiger partial charge in [0.05, 0.1) is 16.6 Å². The van der Waals surface area contributed by atoms with Crippen LogP contribution in [0.25, 0.3) is 10.9 Å². The molecule has 11 heteroatoms. The van der Waals surface area contributed by atoms with Crippen LogP contribution in [0.5, 0.6) is 5.75 Å². The van der Waals surface area contributed by atoms with E-state index in [-0.39, 0.29) is 21.5 Å². The lowest BCUT2D eigenvalue weighted by molar-refractivity contribution is 0.172. The zero-order valence-corrected chi connectivity index (χ0v) is 21.8. The van der Waals surface area contributed by atoms with Crippen molar-refractivity contribution in [3.63, 3.8) is 0 Å². The highest BCUT2D eigenvalue weighted by molar-refractivity contribution is 7.92. The topological polar surface area (TPSA) is 116 Å². The fraction of sp³-hybridized carbons (Fsp3) is 0.240. The van der Waals surface area contributed by atoms with E-state index in [2.05, 4.69) is 27.2 Å². The third kappa shape index (κ3) is 6.29. The van der Waals surface area contributed by atoms with E-state index < -0.39 is 16.1 Å². The number of nitrogens with zero attached hydrogens (tertiary/aromatic N) is 1. The number of fused-ring (bicyclic) bond motifs is 1. The van der Waals surface area contributed by atoms with Gasteiger partial charge >= 0.3 is 0 Å². The van der Waals surface area contributed by atoms with Crippen LogP contribution in [-0.4, -0.2) is 43.4 Å². The first-order chi connectivity index (χ1) is 17.3. The van der Waals surface area contributed by atoms with Gasteiger partial charge in [0.25, 0.3) is 10.0 Å². The van der Waals surface area contributed by atoms with E-state index in [1.807, 2.05) is 18.2 Å². The zero-order chi connectivity index (χ0) is 25.7. The molecule has 0 saturated heterocycles. The molecule has 4 aromatic rings. The third-order valence-corrected chi connectivity index (χ3v) is 7.65. The van der Waals surface area contributed by atoms with E-state index in [0.717, 1.165) is 28.8 Å². The Morgan fingerprint density at radius 3 is 2.75 bits per heavy atom. The molecule has 0 saturated carbocycles. The van der Waals surface area contributed by atoms with Gasteiger partial charge in [-0.3, -0.25) is 9.82 Å². The minimum absolute atomic E-state index is 0.0597. The van der Waals surface area contributed by atoms with E-state index in [1.165, 1.54) is 18.2 Å². The fourth-order valence-corrected chi connectivity index (χ4v) is 5.52. The Hall–Kier alpha value is -2.82. The highest BCUT2D eigenvalue weighted by Crippen LogP contribution is 2.28. The van der Waals surface area contributed by atoms with Crippen LogP contribution in [0.4, 0.5) is 5.69 Å². The molecule has 190 valence electrons. The van der Waals surface area contributed by atoms with Crippen molar-refractivity contribution < 1.29 is 18.3 Å². The number of H-pyrrole nitrogens is 1. The number of halogens is 2. The van der Waals surface area contributed by atoms with Gasteiger partial charge < -0.3 is 15.2 Å². The van der Waals surface area contributed by atoms with Crippen molar-refractivity contribution in [2.45, 2.75) is 24.3 Å². The van der Waals surface area contributed by atoms with Crippen LogP contribution in [0.15, 0.2) is 65.6 Å². The minimum atomic E-state index is -3.96. The molecule has 0 fully saturated rings. The van der Waals surface area contributed by atoms with Crippen molar-refractivity contribution in [1.29, 1.82) is 0 Å². The number of rotatable bonds is 11. The number of aromatic nitrogens is 2. The van der Waals surface area contributed by atoms with Crippen molar-refractivity contribution in [2.75, 3.05) is 24.4 Å². The first kappa shape index (κ1) is 26.2. The number of aliphatic hydroxyl groups is 1. The van der Waals surface area contributed by atoms with Crippen LogP contribution in [0.1, 0.15) is 24.3 Å². The molecule has 4 N–H and O–H groups in total. The summed E-state index contributed by atoms with van der Waals surface area (Å²) in [6.07, 6.45) is 0.0330. The predicted octanol–water partition coefficient (Wildman–Crippen LogP) is 4.93. The maximum absolute atomic E-state index is 12.8. The van der Waals surface area contributed by atoms with Crippen LogP contribution in [0.2, 0.25) is 10.0 Å². The maximum atomic E-state index is 12.8. The molecule has 0 aliphatic carbocycles. The average molecular weight is 549 g/mol. The summed E-state index contributed by atoms with van der Waals surface area (Å²) >= 11 is 12.0. The van der Waals surface area contributed by atoms with Gasteiger partial charge in [-0.25, -0.2) is 8.42 Å². The molecule has 1 aromatic heterocycles. The number of anilines is 1. The van der Waals surface area contributed by atoms with Crippen LogP contribution in [0, 0.1) is 0 Å². The van der Waals surface area contributed by atoms with Gasteiger partial charge in [0.2, 0.25) is 0 Å². The van der Waals surface area contributed by atoms with Gasteiger partial charge in [0, 0.05) is 40.9 Å². The Kier molecular flexibility index (Phi) is 8.38. The Morgan fingerprint density at radius 1 is 1.11 bits per heavy atom. The molecule has 1 atom stereocenters. The summed E-state index contributed by atoms with van der Waals surface area (Å²) in [5.41, 5.74) is 2.81. The summed E-state index contributed by atoms with van der Waals surface area (Å²) < 4.78 is 33.8. The molecular weight excluding hydrogens is 523 g/mol. The maximum Gasteiger partial charge on any atom is 0.263 e. The molecule has 0 bridgehead atoms. The van der Waals surface area contributed by atoms with Crippen LogP contribution >= 0.6 is 23.2 Å². The van der Waals surface area contributed by atoms with Crippen molar-refractivity contribution in [1.82, 2.24) is 15.5 Å². The molecule has 3 aromatic carbocycles. The monoisotopic (exact) mass is 548 g/mol. The summed E-state index contributed by atoms with van der Waals surface area (Å²) in [6.45, 7) is 3.25. The number of aryl methyl sites for hydroxylation is 1. The Labute approximate surface area is 219 Å².